The Morgan fingerprint density at radius 2 is 2.00 bits per heavy atom. The average molecular weight is 308 g/mol. The molecule has 2 aromatic heterocycles. The molecule has 0 spiro atoms. The van der Waals surface area contributed by atoms with E-state index in [4.69, 9.17) is 0 Å². The molecule has 0 bridgehead atoms. The van der Waals surface area contributed by atoms with Gasteiger partial charge in [-0.05, 0) is 25.0 Å². The van der Waals surface area contributed by atoms with Crippen molar-refractivity contribution < 1.29 is 4.79 Å². The highest BCUT2D eigenvalue weighted by Gasteiger charge is 2.18. The Hall–Kier alpha value is -2.69. The van der Waals surface area contributed by atoms with E-state index in [0.717, 1.165) is 41.0 Å². The van der Waals surface area contributed by atoms with Gasteiger partial charge in [0.05, 0.1) is 5.69 Å². The lowest BCUT2D eigenvalue weighted by atomic mass is 10.1. The van der Waals surface area contributed by atoms with Crippen LogP contribution in [0.15, 0.2) is 36.4 Å². The first kappa shape index (κ1) is 15.2. The van der Waals surface area contributed by atoms with Crippen LogP contribution in [-0.4, -0.2) is 27.6 Å². The molecule has 0 aliphatic heterocycles. The third kappa shape index (κ3) is 2.70. The van der Waals surface area contributed by atoms with Crippen molar-refractivity contribution in [1.29, 1.82) is 0 Å². The van der Waals surface area contributed by atoms with Crippen LogP contribution in [0.3, 0.4) is 0 Å². The highest BCUT2D eigenvalue weighted by Crippen LogP contribution is 2.28. The van der Waals surface area contributed by atoms with Crippen molar-refractivity contribution in [1.82, 2.24) is 19.9 Å². The molecule has 118 valence electrons. The van der Waals surface area contributed by atoms with Crippen LogP contribution in [0.4, 0.5) is 0 Å². The van der Waals surface area contributed by atoms with Gasteiger partial charge in [0.25, 0.3) is 5.91 Å². The highest BCUT2D eigenvalue weighted by molar-refractivity contribution is 5.93. The molecule has 3 rings (SSSR count). The number of carbonyl (C=O) groups excluding carboxylic acids is 1. The van der Waals surface area contributed by atoms with Crippen LogP contribution in [0.25, 0.3) is 16.8 Å². The molecule has 0 unspecified atom stereocenters. The summed E-state index contributed by atoms with van der Waals surface area (Å²) in [5.41, 5.74) is 5.12. The van der Waals surface area contributed by atoms with Crippen LogP contribution in [0.1, 0.15) is 35.2 Å². The molecule has 3 aromatic rings. The molecule has 1 N–H and O–H groups in total. The third-order valence-corrected chi connectivity index (χ3v) is 3.87. The Morgan fingerprint density at radius 1 is 1.26 bits per heavy atom. The van der Waals surface area contributed by atoms with Crippen LogP contribution in [0.5, 0.6) is 0 Å². The molecule has 5 heteroatoms. The van der Waals surface area contributed by atoms with Gasteiger partial charge in [0, 0.05) is 18.3 Å². The van der Waals surface area contributed by atoms with Gasteiger partial charge in [0.1, 0.15) is 5.69 Å². The van der Waals surface area contributed by atoms with Crippen molar-refractivity contribution in [3.8, 4) is 11.1 Å². The molecule has 0 radical (unpaired) electrons. The number of hydrogen-bond donors (Lipinski definition) is 1. The topological polar surface area (TPSA) is 59.3 Å². The van der Waals surface area contributed by atoms with Gasteiger partial charge in [-0.2, -0.15) is 5.10 Å². The van der Waals surface area contributed by atoms with Gasteiger partial charge in [0.2, 0.25) is 0 Å². The second-order valence-corrected chi connectivity index (χ2v) is 5.52. The van der Waals surface area contributed by atoms with Gasteiger partial charge in [-0.15, -0.1) is 0 Å². The zero-order valence-electron chi connectivity index (χ0n) is 13.6. The predicted molar refractivity (Wildman–Crippen MR) is 90.5 cm³/mol. The van der Waals surface area contributed by atoms with Crippen LogP contribution < -0.4 is 5.32 Å². The van der Waals surface area contributed by atoms with Gasteiger partial charge >= 0.3 is 0 Å². The highest BCUT2D eigenvalue weighted by atomic mass is 16.1. The van der Waals surface area contributed by atoms with Crippen molar-refractivity contribution in [2.45, 2.75) is 26.7 Å². The molecule has 2 heterocycles. The second kappa shape index (κ2) is 6.20. The number of aromatic nitrogens is 3. The normalized spacial score (nSPS) is 10.9. The van der Waals surface area contributed by atoms with Crippen LogP contribution in [0, 0.1) is 6.92 Å². The number of amides is 1. The fourth-order valence-corrected chi connectivity index (χ4v) is 2.81. The minimum Gasteiger partial charge on any atom is -0.354 e. The number of nitrogens with zero attached hydrogens (tertiary/aromatic N) is 3. The molecular weight excluding hydrogens is 288 g/mol. The van der Waals surface area contributed by atoms with E-state index in [1.54, 1.807) is 7.05 Å². The molecule has 0 saturated carbocycles. The van der Waals surface area contributed by atoms with Gasteiger partial charge in [-0.25, -0.2) is 9.50 Å². The standard InChI is InChI=1S/C18H20N4O/c1-4-8-14-11-15(18(23)19-3)20-17-16(12(2)21-22(14)17)13-9-6-5-7-10-13/h5-7,9-11H,4,8H2,1-3H3,(H,19,23). The molecule has 0 saturated heterocycles. The van der Waals surface area contributed by atoms with Crippen molar-refractivity contribution in [2.75, 3.05) is 7.05 Å². The van der Waals surface area contributed by atoms with Crippen LogP contribution >= 0.6 is 0 Å². The first-order chi connectivity index (χ1) is 11.2. The molecule has 0 aliphatic rings. The van der Waals surface area contributed by atoms with Crippen molar-refractivity contribution in [3.63, 3.8) is 0 Å². The van der Waals surface area contributed by atoms with E-state index >= 15 is 0 Å². The Balaban J connectivity index is 2.31. The largest absolute Gasteiger partial charge is 0.354 e. The summed E-state index contributed by atoms with van der Waals surface area (Å²) < 4.78 is 1.87. The maximum Gasteiger partial charge on any atom is 0.269 e. The number of nitrogens with one attached hydrogen (secondary N) is 1. The Kier molecular flexibility index (Phi) is 4.10. The van der Waals surface area contributed by atoms with Gasteiger partial charge in [-0.1, -0.05) is 43.7 Å². The van der Waals surface area contributed by atoms with E-state index in [1.165, 1.54) is 0 Å². The number of benzene rings is 1. The fraction of sp³-hybridized carbons (Fsp3) is 0.278. The molecule has 0 atom stereocenters. The lowest BCUT2D eigenvalue weighted by Gasteiger charge is -2.07. The fourth-order valence-electron chi connectivity index (χ4n) is 2.81. The lowest BCUT2D eigenvalue weighted by Crippen LogP contribution is -2.20. The molecule has 0 aliphatic carbocycles. The van der Waals surface area contributed by atoms with Crippen molar-refractivity contribution in [2.24, 2.45) is 0 Å². The summed E-state index contributed by atoms with van der Waals surface area (Å²) in [6.07, 6.45) is 1.82. The molecular formula is C18H20N4O. The lowest BCUT2D eigenvalue weighted by molar-refractivity contribution is 0.0958. The summed E-state index contributed by atoms with van der Waals surface area (Å²) in [7, 11) is 1.62. The summed E-state index contributed by atoms with van der Waals surface area (Å²) in [4.78, 5) is 16.6. The van der Waals surface area contributed by atoms with E-state index in [-0.39, 0.29) is 5.91 Å². The zero-order valence-corrected chi connectivity index (χ0v) is 13.6. The smallest absolute Gasteiger partial charge is 0.269 e. The summed E-state index contributed by atoms with van der Waals surface area (Å²) in [5.74, 6) is -0.178. The SMILES string of the molecule is CCCc1cc(C(=O)NC)nc2c(-c3ccccc3)c(C)nn12. The minimum atomic E-state index is -0.178. The number of rotatable bonds is 4. The minimum absolute atomic E-state index is 0.178. The van der Waals surface area contributed by atoms with Crippen molar-refractivity contribution >= 4 is 11.6 Å². The Morgan fingerprint density at radius 3 is 2.65 bits per heavy atom. The monoisotopic (exact) mass is 308 g/mol. The molecule has 23 heavy (non-hydrogen) atoms. The summed E-state index contributed by atoms with van der Waals surface area (Å²) in [6, 6.07) is 11.9. The predicted octanol–water partition coefficient (Wildman–Crippen LogP) is 3.02. The van der Waals surface area contributed by atoms with E-state index in [9.17, 15) is 4.79 Å². The van der Waals surface area contributed by atoms with Gasteiger partial charge < -0.3 is 5.32 Å². The number of fused-ring (bicyclic) bond motifs is 1. The van der Waals surface area contributed by atoms with Gasteiger partial charge in [-0.3, -0.25) is 4.79 Å². The molecule has 0 fully saturated rings. The molecule has 1 aromatic carbocycles. The zero-order chi connectivity index (χ0) is 16.4. The summed E-state index contributed by atoms with van der Waals surface area (Å²) >= 11 is 0. The Bertz CT molecular complexity index is 852. The number of hydrogen-bond acceptors (Lipinski definition) is 3. The maximum atomic E-state index is 12.1. The maximum absolute atomic E-state index is 12.1. The third-order valence-electron chi connectivity index (χ3n) is 3.87. The average Bonchev–Trinajstić information content (AvgIpc) is 2.91. The first-order valence-electron chi connectivity index (χ1n) is 7.82. The van der Waals surface area contributed by atoms with E-state index in [2.05, 4.69) is 22.3 Å². The number of carbonyl (C=O) groups is 1. The van der Waals surface area contributed by atoms with Crippen molar-refractivity contribution in [3.05, 3.63) is 53.5 Å². The summed E-state index contributed by atoms with van der Waals surface area (Å²) in [6.45, 7) is 4.09. The molecule has 1 amide bonds. The van der Waals surface area contributed by atoms with E-state index in [0.29, 0.717) is 5.69 Å². The van der Waals surface area contributed by atoms with Gasteiger partial charge in [0.15, 0.2) is 5.65 Å². The second-order valence-electron chi connectivity index (χ2n) is 5.52. The number of aryl methyl sites for hydroxylation is 2. The molecule has 5 nitrogen and oxygen atoms in total. The van der Waals surface area contributed by atoms with Crippen LogP contribution in [-0.2, 0) is 6.42 Å². The first-order valence-corrected chi connectivity index (χ1v) is 7.82. The summed E-state index contributed by atoms with van der Waals surface area (Å²) in [5, 5.41) is 7.31. The van der Waals surface area contributed by atoms with E-state index < -0.39 is 0 Å². The van der Waals surface area contributed by atoms with Crippen LogP contribution in [0.2, 0.25) is 0 Å². The Labute approximate surface area is 135 Å². The van der Waals surface area contributed by atoms with E-state index in [1.807, 2.05) is 47.8 Å². The quantitative estimate of drug-likeness (QED) is 0.806.